The Morgan fingerprint density at radius 3 is 2.77 bits per heavy atom. The van der Waals surface area contributed by atoms with Crippen LogP contribution in [0.1, 0.15) is 32.6 Å². The quantitative estimate of drug-likeness (QED) is 0.557. The molecular weight excluding hydrogens is 188 g/mol. The van der Waals surface area contributed by atoms with Gasteiger partial charge in [-0.2, -0.15) is 0 Å². The fraction of sp³-hybridized carbons (Fsp3) is 0.889. The first-order valence-electron chi connectivity index (χ1n) is 4.65. The average Bonchev–Trinajstić information content (AvgIpc) is 2.53. The van der Waals surface area contributed by atoms with Crippen molar-refractivity contribution in [2.45, 2.75) is 43.3 Å². The van der Waals surface area contributed by atoms with Crippen LogP contribution in [0, 0.1) is 0 Å². The molecule has 1 aliphatic rings. The van der Waals surface area contributed by atoms with Crippen molar-refractivity contribution in [3.05, 3.63) is 0 Å². The number of hydrogen-bond acceptors (Lipinski definition) is 4. The molecule has 1 N–H and O–H groups in total. The van der Waals surface area contributed by atoms with E-state index in [4.69, 9.17) is 4.74 Å². The molecule has 0 aliphatic heterocycles. The van der Waals surface area contributed by atoms with Crippen molar-refractivity contribution in [1.82, 2.24) is 0 Å². The van der Waals surface area contributed by atoms with Crippen molar-refractivity contribution >= 4 is 17.7 Å². The maximum atomic E-state index is 10.4. The smallest absolute Gasteiger partial charge is 0.302 e. The summed E-state index contributed by atoms with van der Waals surface area (Å²) in [7, 11) is 0. The average molecular weight is 204 g/mol. The third-order valence-electron chi connectivity index (χ3n) is 2.08. The third-order valence-corrected chi connectivity index (χ3v) is 3.39. The van der Waals surface area contributed by atoms with Gasteiger partial charge in [0.25, 0.3) is 0 Å². The van der Waals surface area contributed by atoms with Gasteiger partial charge in [-0.1, -0.05) is 12.8 Å². The molecule has 1 rings (SSSR count). The van der Waals surface area contributed by atoms with Crippen LogP contribution < -0.4 is 0 Å². The molecule has 76 valence electrons. The van der Waals surface area contributed by atoms with E-state index in [-0.39, 0.29) is 12.6 Å². The van der Waals surface area contributed by atoms with Crippen molar-refractivity contribution in [1.29, 1.82) is 0 Å². The van der Waals surface area contributed by atoms with Crippen LogP contribution in [0.15, 0.2) is 0 Å². The number of aliphatic hydroxyl groups excluding tert-OH is 1. The zero-order valence-electron chi connectivity index (χ0n) is 7.86. The predicted octanol–water partition coefficient (Wildman–Crippen LogP) is 1.54. The Morgan fingerprint density at radius 2 is 2.23 bits per heavy atom. The number of rotatable bonds is 4. The summed E-state index contributed by atoms with van der Waals surface area (Å²) in [5.74, 6) is -0.328. The van der Waals surface area contributed by atoms with Gasteiger partial charge in [0.1, 0.15) is 12.0 Å². The van der Waals surface area contributed by atoms with E-state index in [0.29, 0.717) is 5.25 Å². The lowest BCUT2D eigenvalue weighted by Gasteiger charge is -2.14. The number of aliphatic hydroxyl groups is 1. The van der Waals surface area contributed by atoms with Crippen LogP contribution in [-0.4, -0.2) is 28.4 Å². The van der Waals surface area contributed by atoms with E-state index < -0.39 is 5.44 Å². The summed E-state index contributed by atoms with van der Waals surface area (Å²) in [5, 5.41) is 10.0. The number of esters is 1. The summed E-state index contributed by atoms with van der Waals surface area (Å²) in [6.45, 7) is 1.48. The first-order chi connectivity index (χ1) is 6.18. The number of carbonyl (C=O) groups is 1. The molecule has 1 saturated carbocycles. The molecule has 0 bridgehead atoms. The molecule has 4 heteroatoms. The van der Waals surface area contributed by atoms with Crippen LogP contribution in [0.4, 0.5) is 0 Å². The highest BCUT2D eigenvalue weighted by atomic mass is 32.2. The topological polar surface area (TPSA) is 46.5 Å². The number of ether oxygens (including phenoxy) is 1. The van der Waals surface area contributed by atoms with Gasteiger partial charge in [-0.25, -0.2) is 0 Å². The molecule has 0 heterocycles. The summed E-state index contributed by atoms with van der Waals surface area (Å²) in [6.07, 6.45) is 4.89. The van der Waals surface area contributed by atoms with Gasteiger partial charge >= 0.3 is 5.97 Å². The van der Waals surface area contributed by atoms with Crippen LogP contribution in [0.25, 0.3) is 0 Å². The second-order valence-corrected chi connectivity index (χ2v) is 4.78. The summed E-state index contributed by atoms with van der Waals surface area (Å²) >= 11 is 1.53. The van der Waals surface area contributed by atoms with Gasteiger partial charge in [0.05, 0.1) is 0 Å². The highest BCUT2D eigenvalue weighted by Crippen LogP contribution is 2.31. The van der Waals surface area contributed by atoms with Crippen molar-refractivity contribution in [2.75, 3.05) is 6.61 Å². The monoisotopic (exact) mass is 204 g/mol. The lowest BCUT2D eigenvalue weighted by Crippen LogP contribution is -2.16. The Kier molecular flexibility index (Phi) is 4.59. The van der Waals surface area contributed by atoms with Gasteiger partial charge in [-0.15, -0.1) is 11.8 Å². The van der Waals surface area contributed by atoms with Gasteiger partial charge in [-0.3, -0.25) is 4.79 Å². The molecule has 0 saturated heterocycles. The SMILES string of the molecule is CC(=O)OC[C@@H](O)SC1CCCC1. The van der Waals surface area contributed by atoms with E-state index in [0.717, 1.165) is 0 Å². The maximum absolute atomic E-state index is 10.4. The summed E-state index contributed by atoms with van der Waals surface area (Å²) in [6, 6.07) is 0. The van der Waals surface area contributed by atoms with Gasteiger partial charge in [0, 0.05) is 12.2 Å². The van der Waals surface area contributed by atoms with Gasteiger partial charge in [0.15, 0.2) is 0 Å². The number of carbonyl (C=O) groups excluding carboxylic acids is 1. The molecular formula is C9H16O3S. The normalized spacial score (nSPS) is 20.2. The minimum Gasteiger partial charge on any atom is -0.462 e. The van der Waals surface area contributed by atoms with Gasteiger partial charge < -0.3 is 9.84 Å². The van der Waals surface area contributed by atoms with Crippen molar-refractivity contribution in [3.63, 3.8) is 0 Å². The number of thioether (sulfide) groups is 1. The summed E-state index contributed by atoms with van der Waals surface area (Å²) < 4.78 is 4.70. The molecule has 1 aliphatic carbocycles. The zero-order chi connectivity index (χ0) is 9.68. The first kappa shape index (κ1) is 10.9. The van der Waals surface area contributed by atoms with Crippen LogP contribution in [0.5, 0.6) is 0 Å². The van der Waals surface area contributed by atoms with Gasteiger partial charge in [0.2, 0.25) is 0 Å². The molecule has 13 heavy (non-hydrogen) atoms. The maximum Gasteiger partial charge on any atom is 0.302 e. The fourth-order valence-electron chi connectivity index (χ4n) is 1.47. The molecule has 0 aromatic carbocycles. The van der Waals surface area contributed by atoms with E-state index in [9.17, 15) is 9.90 Å². The standard InChI is InChI=1S/C9H16O3S/c1-7(10)12-6-9(11)13-8-4-2-3-5-8/h8-9,11H,2-6H2,1H3/t9-/m0/s1. The number of hydrogen-bond donors (Lipinski definition) is 1. The minimum atomic E-state index is -0.549. The van der Waals surface area contributed by atoms with E-state index in [1.165, 1.54) is 44.4 Å². The molecule has 0 unspecified atom stereocenters. The first-order valence-corrected chi connectivity index (χ1v) is 5.59. The molecule has 1 atom stereocenters. The second kappa shape index (κ2) is 5.50. The zero-order valence-corrected chi connectivity index (χ0v) is 8.68. The molecule has 0 spiro atoms. The van der Waals surface area contributed by atoms with Crippen molar-refractivity contribution < 1.29 is 14.6 Å². The van der Waals surface area contributed by atoms with Crippen molar-refractivity contribution in [2.24, 2.45) is 0 Å². The Morgan fingerprint density at radius 1 is 1.62 bits per heavy atom. The van der Waals surface area contributed by atoms with E-state index >= 15 is 0 Å². The highest BCUT2D eigenvalue weighted by Gasteiger charge is 2.19. The Balaban J connectivity index is 2.09. The van der Waals surface area contributed by atoms with Gasteiger partial charge in [-0.05, 0) is 12.8 Å². The second-order valence-electron chi connectivity index (χ2n) is 3.30. The van der Waals surface area contributed by atoms with Crippen LogP contribution >= 0.6 is 11.8 Å². The van der Waals surface area contributed by atoms with Crippen LogP contribution in [0.2, 0.25) is 0 Å². The third kappa shape index (κ3) is 4.52. The molecule has 3 nitrogen and oxygen atoms in total. The van der Waals surface area contributed by atoms with Crippen molar-refractivity contribution in [3.8, 4) is 0 Å². The summed E-state index contributed by atoms with van der Waals surface area (Å²) in [5.41, 5.74) is -0.549. The molecule has 0 aromatic heterocycles. The fourth-order valence-corrected chi connectivity index (χ4v) is 2.67. The lowest BCUT2D eigenvalue weighted by atomic mass is 10.4. The summed E-state index contributed by atoms with van der Waals surface area (Å²) in [4.78, 5) is 10.4. The Bertz CT molecular complexity index is 166. The molecule has 0 aromatic rings. The largest absolute Gasteiger partial charge is 0.462 e. The Labute approximate surface area is 82.8 Å². The molecule has 1 fully saturated rings. The van der Waals surface area contributed by atoms with E-state index in [1.54, 1.807) is 0 Å². The highest BCUT2D eigenvalue weighted by molar-refractivity contribution is 8.00. The predicted molar refractivity (Wildman–Crippen MR) is 52.5 cm³/mol. The molecule has 0 amide bonds. The lowest BCUT2D eigenvalue weighted by molar-refractivity contribution is -0.142. The van der Waals surface area contributed by atoms with E-state index in [2.05, 4.69) is 0 Å². The van der Waals surface area contributed by atoms with E-state index in [1.807, 2.05) is 0 Å². The Hall–Kier alpha value is -0.220. The van der Waals surface area contributed by atoms with Crippen LogP contribution in [-0.2, 0) is 9.53 Å². The van der Waals surface area contributed by atoms with Crippen LogP contribution in [0.3, 0.4) is 0 Å². The minimum absolute atomic E-state index is 0.122. The molecule has 0 radical (unpaired) electrons.